The van der Waals surface area contributed by atoms with Crippen LogP contribution in [0.4, 0.5) is 0 Å². The molecule has 0 unspecified atom stereocenters. The number of methoxy groups -OCH3 is 1. The van der Waals surface area contributed by atoms with Gasteiger partial charge in [-0.25, -0.2) is 4.98 Å². The van der Waals surface area contributed by atoms with Gasteiger partial charge in [-0.15, -0.1) is 11.3 Å². The van der Waals surface area contributed by atoms with Crippen LogP contribution in [0.3, 0.4) is 0 Å². The highest BCUT2D eigenvalue weighted by Crippen LogP contribution is 2.29. The summed E-state index contributed by atoms with van der Waals surface area (Å²) in [6, 6.07) is 8.65. The SMILES string of the molecule is COc1cc(C#N)ccc1OC(=O)Cc1csc(-c2ccsc2)n1. The third kappa shape index (κ3) is 3.62. The molecule has 3 rings (SSSR count). The predicted molar refractivity (Wildman–Crippen MR) is 92.5 cm³/mol. The minimum absolute atomic E-state index is 0.0732. The Bertz CT molecular complexity index is 895. The minimum atomic E-state index is -0.430. The van der Waals surface area contributed by atoms with Gasteiger partial charge in [-0.2, -0.15) is 16.6 Å². The number of thiazole rings is 1. The van der Waals surface area contributed by atoms with E-state index in [1.165, 1.54) is 24.5 Å². The van der Waals surface area contributed by atoms with Gasteiger partial charge in [0, 0.05) is 22.4 Å². The quantitative estimate of drug-likeness (QED) is 0.512. The summed E-state index contributed by atoms with van der Waals surface area (Å²) in [6.07, 6.45) is 0.0732. The second-order valence-corrected chi connectivity index (χ2v) is 6.42. The van der Waals surface area contributed by atoms with Gasteiger partial charge in [-0.05, 0) is 23.6 Å². The standard InChI is InChI=1S/C17H12N2O3S2/c1-21-15-6-11(8-18)2-3-14(15)22-16(20)7-13-10-24-17(19-13)12-4-5-23-9-12/h2-6,9-10H,7H2,1H3. The van der Waals surface area contributed by atoms with Gasteiger partial charge >= 0.3 is 5.97 Å². The first kappa shape index (κ1) is 16.2. The Morgan fingerprint density at radius 1 is 1.29 bits per heavy atom. The van der Waals surface area contributed by atoms with Crippen molar-refractivity contribution in [3.05, 3.63) is 51.7 Å². The molecule has 0 N–H and O–H groups in total. The monoisotopic (exact) mass is 356 g/mol. The Morgan fingerprint density at radius 3 is 2.88 bits per heavy atom. The Hall–Kier alpha value is -2.69. The Kier molecular flexibility index (Phi) is 4.89. The lowest BCUT2D eigenvalue weighted by molar-refractivity contribution is -0.133. The predicted octanol–water partition coefficient (Wildman–Crippen LogP) is 3.90. The molecule has 0 aliphatic rings. The zero-order chi connectivity index (χ0) is 16.9. The maximum atomic E-state index is 12.1. The van der Waals surface area contributed by atoms with Gasteiger partial charge in [0.2, 0.25) is 0 Å². The molecule has 0 bridgehead atoms. The van der Waals surface area contributed by atoms with Crippen LogP contribution in [0.1, 0.15) is 11.3 Å². The summed E-state index contributed by atoms with van der Waals surface area (Å²) in [5, 5.41) is 15.6. The topological polar surface area (TPSA) is 72.2 Å². The maximum Gasteiger partial charge on any atom is 0.317 e. The number of thiophene rings is 1. The van der Waals surface area contributed by atoms with E-state index in [1.54, 1.807) is 23.5 Å². The van der Waals surface area contributed by atoms with Gasteiger partial charge in [0.05, 0.1) is 30.9 Å². The smallest absolute Gasteiger partial charge is 0.317 e. The zero-order valence-electron chi connectivity index (χ0n) is 12.7. The maximum absolute atomic E-state index is 12.1. The molecule has 2 heterocycles. The molecule has 0 atom stereocenters. The molecular weight excluding hydrogens is 344 g/mol. The number of aromatic nitrogens is 1. The van der Waals surface area contributed by atoms with Crippen LogP contribution in [-0.4, -0.2) is 18.1 Å². The number of ether oxygens (including phenoxy) is 2. The van der Waals surface area contributed by atoms with Crippen molar-refractivity contribution in [3.8, 4) is 28.1 Å². The number of hydrogen-bond donors (Lipinski definition) is 0. The van der Waals surface area contributed by atoms with Crippen LogP contribution in [0.15, 0.2) is 40.4 Å². The van der Waals surface area contributed by atoms with E-state index < -0.39 is 5.97 Å². The number of carbonyl (C=O) groups is 1. The summed E-state index contributed by atoms with van der Waals surface area (Å²) in [5.74, 6) is 0.203. The molecule has 0 radical (unpaired) electrons. The van der Waals surface area contributed by atoms with Crippen molar-refractivity contribution in [2.24, 2.45) is 0 Å². The number of nitrogens with zero attached hydrogens (tertiary/aromatic N) is 2. The van der Waals surface area contributed by atoms with Crippen molar-refractivity contribution < 1.29 is 14.3 Å². The van der Waals surface area contributed by atoms with Crippen molar-refractivity contribution in [3.63, 3.8) is 0 Å². The highest BCUT2D eigenvalue weighted by Gasteiger charge is 2.14. The van der Waals surface area contributed by atoms with Crippen LogP contribution in [0.5, 0.6) is 11.5 Å². The van der Waals surface area contributed by atoms with Crippen LogP contribution in [-0.2, 0) is 11.2 Å². The van der Waals surface area contributed by atoms with Crippen LogP contribution in [0.25, 0.3) is 10.6 Å². The fraction of sp³-hybridized carbons (Fsp3) is 0.118. The fourth-order valence-corrected chi connectivity index (χ4v) is 3.57. The van der Waals surface area contributed by atoms with Crippen molar-refractivity contribution in [1.29, 1.82) is 5.26 Å². The molecule has 0 saturated heterocycles. The van der Waals surface area contributed by atoms with Crippen molar-refractivity contribution in [2.75, 3.05) is 7.11 Å². The van der Waals surface area contributed by atoms with E-state index in [2.05, 4.69) is 4.98 Å². The number of carbonyl (C=O) groups excluding carboxylic acids is 1. The first-order valence-electron chi connectivity index (χ1n) is 6.95. The minimum Gasteiger partial charge on any atom is -0.493 e. The lowest BCUT2D eigenvalue weighted by Crippen LogP contribution is -2.12. The molecule has 0 fully saturated rings. The Labute approximate surface area is 146 Å². The average Bonchev–Trinajstić information content (AvgIpc) is 3.26. The van der Waals surface area contributed by atoms with E-state index in [0.29, 0.717) is 17.0 Å². The third-order valence-electron chi connectivity index (χ3n) is 3.16. The van der Waals surface area contributed by atoms with Gasteiger partial charge in [0.15, 0.2) is 11.5 Å². The second kappa shape index (κ2) is 7.25. The Morgan fingerprint density at radius 2 is 2.17 bits per heavy atom. The summed E-state index contributed by atoms with van der Waals surface area (Å²) in [5.41, 5.74) is 2.16. The molecule has 0 aliphatic carbocycles. The fourth-order valence-electron chi connectivity index (χ4n) is 2.03. The molecular formula is C17H12N2O3S2. The molecule has 24 heavy (non-hydrogen) atoms. The molecule has 2 aromatic heterocycles. The van der Waals surface area contributed by atoms with Crippen LogP contribution >= 0.6 is 22.7 Å². The van der Waals surface area contributed by atoms with Crippen LogP contribution < -0.4 is 9.47 Å². The summed E-state index contributed by atoms with van der Waals surface area (Å²) < 4.78 is 10.5. The summed E-state index contributed by atoms with van der Waals surface area (Å²) in [6.45, 7) is 0. The van der Waals surface area contributed by atoms with E-state index in [-0.39, 0.29) is 12.2 Å². The largest absolute Gasteiger partial charge is 0.493 e. The number of rotatable bonds is 5. The molecule has 0 saturated carbocycles. The highest BCUT2D eigenvalue weighted by atomic mass is 32.1. The van der Waals surface area contributed by atoms with E-state index in [0.717, 1.165) is 10.6 Å². The summed E-state index contributed by atoms with van der Waals surface area (Å²) in [4.78, 5) is 16.6. The average molecular weight is 356 g/mol. The molecule has 120 valence electrons. The summed E-state index contributed by atoms with van der Waals surface area (Å²) in [7, 11) is 1.46. The number of hydrogen-bond acceptors (Lipinski definition) is 7. The molecule has 3 aromatic rings. The van der Waals surface area contributed by atoms with Crippen LogP contribution in [0.2, 0.25) is 0 Å². The van der Waals surface area contributed by atoms with Gasteiger partial charge in [0.1, 0.15) is 5.01 Å². The van der Waals surface area contributed by atoms with E-state index in [9.17, 15) is 4.79 Å². The van der Waals surface area contributed by atoms with Crippen molar-refractivity contribution in [1.82, 2.24) is 4.98 Å². The normalized spacial score (nSPS) is 10.2. The molecule has 7 heteroatoms. The number of nitriles is 1. The van der Waals surface area contributed by atoms with E-state index in [1.807, 2.05) is 28.3 Å². The second-order valence-electron chi connectivity index (χ2n) is 4.78. The van der Waals surface area contributed by atoms with E-state index >= 15 is 0 Å². The first-order chi connectivity index (χ1) is 11.7. The van der Waals surface area contributed by atoms with Crippen molar-refractivity contribution >= 4 is 28.6 Å². The van der Waals surface area contributed by atoms with Gasteiger partial charge in [-0.1, -0.05) is 0 Å². The van der Waals surface area contributed by atoms with Gasteiger partial charge < -0.3 is 9.47 Å². The molecule has 5 nitrogen and oxygen atoms in total. The number of benzene rings is 1. The molecule has 0 amide bonds. The Balaban J connectivity index is 1.69. The first-order valence-corrected chi connectivity index (χ1v) is 8.77. The highest BCUT2D eigenvalue weighted by molar-refractivity contribution is 7.14. The molecule has 0 spiro atoms. The summed E-state index contributed by atoms with van der Waals surface area (Å²) >= 11 is 3.10. The van der Waals surface area contributed by atoms with E-state index in [4.69, 9.17) is 14.7 Å². The number of esters is 1. The lowest BCUT2D eigenvalue weighted by Gasteiger charge is -2.08. The third-order valence-corrected chi connectivity index (χ3v) is 4.79. The van der Waals surface area contributed by atoms with Gasteiger partial charge in [0.25, 0.3) is 0 Å². The van der Waals surface area contributed by atoms with Crippen LogP contribution in [0, 0.1) is 11.3 Å². The lowest BCUT2D eigenvalue weighted by atomic mass is 10.2. The van der Waals surface area contributed by atoms with Crippen molar-refractivity contribution in [2.45, 2.75) is 6.42 Å². The zero-order valence-corrected chi connectivity index (χ0v) is 14.3. The molecule has 0 aliphatic heterocycles. The molecule has 1 aromatic carbocycles. The van der Waals surface area contributed by atoms with Gasteiger partial charge in [-0.3, -0.25) is 4.79 Å².